The zero-order valence-electron chi connectivity index (χ0n) is 16.5. The fourth-order valence-corrected chi connectivity index (χ4v) is 6.23. The van der Waals surface area contributed by atoms with Gasteiger partial charge in [-0.3, -0.25) is 0 Å². The topological polar surface area (TPSA) is 115 Å². The first-order chi connectivity index (χ1) is 14.8. The van der Waals surface area contributed by atoms with Crippen LogP contribution < -0.4 is 5.73 Å². The van der Waals surface area contributed by atoms with Crippen LogP contribution in [0.1, 0.15) is 17.4 Å². The van der Waals surface area contributed by atoms with E-state index in [0.717, 1.165) is 27.8 Å². The fraction of sp³-hybridized carbons (Fsp3) is 0.278. The average Bonchev–Trinajstić information content (AvgIpc) is 3.32. The summed E-state index contributed by atoms with van der Waals surface area (Å²) in [7, 11) is -2.37. The van der Waals surface area contributed by atoms with E-state index >= 15 is 0 Å². The Kier molecular flexibility index (Phi) is 5.25. The number of guanidine groups is 1. The van der Waals surface area contributed by atoms with Gasteiger partial charge in [-0.15, -0.1) is 21.5 Å². The first-order valence-electron chi connectivity index (χ1n) is 8.93. The Balaban J connectivity index is 1.67. The first kappa shape index (κ1) is 22.6. The van der Waals surface area contributed by atoms with E-state index in [4.69, 9.17) is 21.8 Å². The van der Waals surface area contributed by atoms with Crippen LogP contribution in [0.5, 0.6) is 0 Å². The lowest BCUT2D eigenvalue weighted by Crippen LogP contribution is -2.50. The molecule has 8 nitrogen and oxygen atoms in total. The molecule has 0 unspecified atom stereocenters. The van der Waals surface area contributed by atoms with E-state index in [0.29, 0.717) is 15.3 Å². The van der Waals surface area contributed by atoms with Crippen molar-refractivity contribution >= 4 is 38.9 Å². The minimum Gasteiger partial charge on any atom is -0.415 e. The summed E-state index contributed by atoms with van der Waals surface area (Å²) in [5.41, 5.74) is 4.09. The largest absolute Gasteiger partial charge is 0.416 e. The van der Waals surface area contributed by atoms with Crippen molar-refractivity contribution in [2.75, 3.05) is 12.8 Å². The highest BCUT2D eigenvalue weighted by molar-refractivity contribution is 7.89. The van der Waals surface area contributed by atoms with Crippen molar-refractivity contribution in [3.05, 3.63) is 45.8 Å². The van der Waals surface area contributed by atoms with Crippen LogP contribution in [0.4, 0.5) is 13.2 Å². The number of hydrogen-bond acceptors (Lipinski definition) is 8. The Morgan fingerprint density at radius 3 is 2.44 bits per heavy atom. The molecule has 0 saturated heterocycles. The summed E-state index contributed by atoms with van der Waals surface area (Å²) in [5, 5.41) is 8.07. The van der Waals surface area contributed by atoms with Gasteiger partial charge in [-0.25, -0.2) is 17.7 Å². The summed E-state index contributed by atoms with van der Waals surface area (Å²) in [6.45, 7) is 1.60. The van der Waals surface area contributed by atoms with Crippen LogP contribution in [-0.2, 0) is 21.7 Å². The number of nitrogens with two attached hydrogens (primary N) is 1. The molecule has 0 fully saturated rings. The second-order valence-corrected chi connectivity index (χ2v) is 10.7. The molecule has 2 N–H and O–H groups in total. The number of rotatable bonds is 3. The highest BCUT2D eigenvalue weighted by Gasteiger charge is 2.42. The van der Waals surface area contributed by atoms with Gasteiger partial charge in [-0.2, -0.15) is 13.2 Å². The van der Waals surface area contributed by atoms with Gasteiger partial charge < -0.3 is 10.2 Å². The molecular formula is C18H15ClF3N5O3S2. The third kappa shape index (κ3) is 3.95. The van der Waals surface area contributed by atoms with Crippen LogP contribution in [-0.4, -0.2) is 41.7 Å². The quantitative estimate of drug-likeness (QED) is 0.576. The molecule has 1 aromatic carbocycles. The third-order valence-corrected chi connectivity index (χ3v) is 8.57. The van der Waals surface area contributed by atoms with E-state index in [2.05, 4.69) is 15.2 Å². The number of alkyl halides is 3. The van der Waals surface area contributed by atoms with E-state index < -0.39 is 27.3 Å². The van der Waals surface area contributed by atoms with Crippen LogP contribution in [0.15, 0.2) is 39.7 Å². The lowest BCUT2D eigenvalue weighted by Gasteiger charge is -2.33. The van der Waals surface area contributed by atoms with Gasteiger partial charge in [0.15, 0.2) is 0 Å². The van der Waals surface area contributed by atoms with Crippen molar-refractivity contribution in [2.45, 2.75) is 18.6 Å². The van der Waals surface area contributed by atoms with E-state index in [1.807, 2.05) is 0 Å². The third-order valence-electron chi connectivity index (χ3n) is 4.84. The number of thiophene rings is 1. The van der Waals surface area contributed by atoms with Crippen molar-refractivity contribution in [3.63, 3.8) is 0 Å². The zero-order chi connectivity index (χ0) is 23.5. The molecule has 0 amide bonds. The molecule has 170 valence electrons. The standard InChI is InChI=1S/C18H15ClF3N5O3S2/c1-17(8-32(28,29)27(2)16(23)24-17)13-11(19)7-12(31-13)15-26-25-14(30-15)9-3-5-10(6-4-9)18(20,21)22/h3-7H,8H2,1-2H3,(H2,23,24)/t17-/m0/s1. The molecular weight excluding hydrogens is 491 g/mol. The van der Waals surface area contributed by atoms with Gasteiger partial charge in [0.05, 0.1) is 26.1 Å². The Morgan fingerprint density at radius 1 is 1.22 bits per heavy atom. The van der Waals surface area contributed by atoms with E-state index in [1.165, 1.54) is 25.2 Å². The number of sulfonamides is 1. The summed E-state index contributed by atoms with van der Waals surface area (Å²) < 4.78 is 69.6. The van der Waals surface area contributed by atoms with E-state index in [-0.39, 0.29) is 28.5 Å². The SMILES string of the molecule is CN1C(N)=N[C@](C)(c2sc(-c3nnc(-c4ccc(C(F)(F)F)cc4)o3)cc2Cl)CS1(=O)=O. The van der Waals surface area contributed by atoms with Crippen molar-refractivity contribution < 1.29 is 26.0 Å². The average molecular weight is 506 g/mol. The number of aromatic nitrogens is 2. The normalized spacial score (nSPS) is 20.9. The Hall–Kier alpha value is -2.64. The summed E-state index contributed by atoms with van der Waals surface area (Å²) >= 11 is 7.49. The molecule has 0 aliphatic carbocycles. The molecule has 1 atom stereocenters. The number of benzene rings is 1. The molecule has 1 aliphatic heterocycles. The van der Waals surface area contributed by atoms with Crippen molar-refractivity contribution in [3.8, 4) is 22.2 Å². The molecule has 3 heterocycles. The van der Waals surface area contributed by atoms with Gasteiger partial charge in [0.1, 0.15) is 5.54 Å². The van der Waals surface area contributed by atoms with Crippen LogP contribution >= 0.6 is 22.9 Å². The van der Waals surface area contributed by atoms with Crippen LogP contribution in [0.3, 0.4) is 0 Å². The Morgan fingerprint density at radius 2 is 1.84 bits per heavy atom. The molecule has 14 heteroatoms. The van der Waals surface area contributed by atoms with Gasteiger partial charge in [0, 0.05) is 12.6 Å². The molecule has 3 aromatic rings. The van der Waals surface area contributed by atoms with Crippen LogP contribution in [0.25, 0.3) is 22.2 Å². The van der Waals surface area contributed by atoms with E-state index in [9.17, 15) is 21.6 Å². The monoisotopic (exact) mass is 505 g/mol. The highest BCUT2D eigenvalue weighted by Crippen LogP contribution is 2.44. The minimum absolute atomic E-state index is 0.0233. The number of aliphatic imine (C=N–C) groups is 1. The van der Waals surface area contributed by atoms with Crippen molar-refractivity contribution in [2.24, 2.45) is 10.7 Å². The number of hydrogen-bond donors (Lipinski definition) is 1. The number of halogens is 4. The summed E-state index contributed by atoms with van der Waals surface area (Å²) in [5.74, 6) is -0.394. The maximum Gasteiger partial charge on any atom is 0.416 e. The molecule has 1 aliphatic rings. The van der Waals surface area contributed by atoms with Crippen molar-refractivity contribution in [1.82, 2.24) is 14.5 Å². The summed E-state index contributed by atoms with van der Waals surface area (Å²) in [6, 6.07) is 5.84. The molecule has 4 rings (SSSR count). The molecule has 0 radical (unpaired) electrons. The highest BCUT2D eigenvalue weighted by atomic mass is 35.5. The zero-order valence-corrected chi connectivity index (χ0v) is 18.9. The first-order valence-corrected chi connectivity index (χ1v) is 11.7. The molecule has 0 bridgehead atoms. The Bertz CT molecular complexity index is 1320. The van der Waals surface area contributed by atoms with Crippen molar-refractivity contribution in [1.29, 1.82) is 0 Å². The molecule has 0 saturated carbocycles. The number of nitrogens with zero attached hydrogens (tertiary/aromatic N) is 4. The molecule has 2 aromatic heterocycles. The molecule has 32 heavy (non-hydrogen) atoms. The summed E-state index contributed by atoms with van der Waals surface area (Å²) in [4.78, 5) is 5.21. The van der Waals surface area contributed by atoms with Gasteiger partial charge in [-0.1, -0.05) is 11.6 Å². The Labute approximate surface area is 189 Å². The maximum absolute atomic E-state index is 12.7. The van der Waals surface area contributed by atoms with Gasteiger partial charge in [0.25, 0.3) is 5.89 Å². The lowest BCUT2D eigenvalue weighted by atomic mass is 10.0. The van der Waals surface area contributed by atoms with E-state index in [1.54, 1.807) is 6.92 Å². The predicted octanol–water partition coefficient (Wildman–Crippen LogP) is 3.94. The summed E-state index contributed by atoms with van der Waals surface area (Å²) in [6.07, 6.45) is -4.45. The molecule has 0 spiro atoms. The second kappa shape index (κ2) is 7.46. The van der Waals surface area contributed by atoms with Crippen LogP contribution in [0.2, 0.25) is 5.02 Å². The lowest BCUT2D eigenvalue weighted by molar-refractivity contribution is -0.137. The smallest absolute Gasteiger partial charge is 0.415 e. The second-order valence-electron chi connectivity index (χ2n) is 7.24. The van der Waals surface area contributed by atoms with Crippen LogP contribution in [0, 0.1) is 0 Å². The van der Waals surface area contributed by atoms with Gasteiger partial charge >= 0.3 is 6.18 Å². The predicted molar refractivity (Wildman–Crippen MR) is 114 cm³/mol. The minimum atomic E-state index is -4.45. The van der Waals surface area contributed by atoms with Gasteiger partial charge in [0.2, 0.25) is 21.9 Å². The van der Waals surface area contributed by atoms with Gasteiger partial charge in [-0.05, 0) is 37.3 Å². The fourth-order valence-electron chi connectivity index (χ4n) is 3.15. The maximum atomic E-state index is 12.7.